The van der Waals surface area contributed by atoms with Gasteiger partial charge in [-0.1, -0.05) is 19.8 Å². The lowest BCUT2D eigenvalue weighted by atomic mass is 9.88. The quantitative estimate of drug-likeness (QED) is 0.668. The van der Waals surface area contributed by atoms with Crippen LogP contribution in [0.4, 0.5) is 4.79 Å². The molecule has 0 spiro atoms. The number of hydrogen-bond donors (Lipinski definition) is 3. The van der Waals surface area contributed by atoms with Gasteiger partial charge in [0.05, 0.1) is 5.41 Å². The Kier molecular flexibility index (Phi) is 6.01. The fourth-order valence-corrected chi connectivity index (χ4v) is 2.75. The molecule has 0 saturated heterocycles. The summed E-state index contributed by atoms with van der Waals surface area (Å²) in [6, 6.07) is -0.288. The van der Waals surface area contributed by atoms with Gasteiger partial charge in [-0.15, -0.1) is 0 Å². The van der Waals surface area contributed by atoms with Crippen LogP contribution < -0.4 is 10.6 Å². The molecule has 1 saturated carbocycles. The van der Waals surface area contributed by atoms with Crippen LogP contribution in [0, 0.1) is 5.41 Å². The number of carbonyl (C=O) groups excluding carboxylic acids is 1. The number of urea groups is 1. The first-order chi connectivity index (χ1) is 9.76. The number of hydrogen-bond acceptors (Lipinski definition) is 3. The standard InChI is InChI=1S/C15H29N3O3/c1-5-14(2,12(19)20)10-16-13(21)17-11-15(18(3)4)8-6-7-9-15/h5-11H2,1-4H3,(H,19,20)(H2,16,17,21). The molecule has 0 aromatic heterocycles. The molecule has 0 bridgehead atoms. The van der Waals surface area contributed by atoms with E-state index >= 15 is 0 Å². The first kappa shape index (κ1) is 17.8. The van der Waals surface area contributed by atoms with E-state index in [0.29, 0.717) is 13.0 Å². The maximum Gasteiger partial charge on any atom is 0.314 e. The molecule has 0 aliphatic heterocycles. The van der Waals surface area contributed by atoms with Crippen molar-refractivity contribution >= 4 is 12.0 Å². The van der Waals surface area contributed by atoms with Crippen LogP contribution in [-0.4, -0.2) is 54.7 Å². The van der Waals surface area contributed by atoms with Gasteiger partial charge in [-0.3, -0.25) is 4.79 Å². The topological polar surface area (TPSA) is 81.7 Å². The molecule has 0 radical (unpaired) electrons. The molecule has 1 aliphatic carbocycles. The van der Waals surface area contributed by atoms with Gasteiger partial charge in [0, 0.05) is 18.6 Å². The Morgan fingerprint density at radius 1 is 1.24 bits per heavy atom. The van der Waals surface area contributed by atoms with Crippen LogP contribution in [0.2, 0.25) is 0 Å². The number of carboxylic acids is 1. The average molecular weight is 299 g/mol. The third-order valence-corrected chi connectivity index (χ3v) is 5.00. The Morgan fingerprint density at radius 3 is 2.24 bits per heavy atom. The van der Waals surface area contributed by atoms with Crippen molar-refractivity contribution in [1.82, 2.24) is 15.5 Å². The summed E-state index contributed by atoms with van der Waals surface area (Å²) in [6.45, 7) is 4.20. The molecule has 1 unspecified atom stereocenters. The molecular weight excluding hydrogens is 270 g/mol. The van der Waals surface area contributed by atoms with E-state index in [4.69, 9.17) is 0 Å². The highest BCUT2D eigenvalue weighted by molar-refractivity contribution is 5.77. The van der Waals surface area contributed by atoms with Gasteiger partial charge in [0.15, 0.2) is 0 Å². The lowest BCUT2D eigenvalue weighted by molar-refractivity contribution is -0.147. The van der Waals surface area contributed by atoms with Crippen LogP contribution in [-0.2, 0) is 4.79 Å². The molecule has 0 aromatic carbocycles. The molecular formula is C15H29N3O3. The van der Waals surface area contributed by atoms with E-state index in [9.17, 15) is 14.7 Å². The van der Waals surface area contributed by atoms with E-state index in [2.05, 4.69) is 15.5 Å². The zero-order valence-corrected chi connectivity index (χ0v) is 13.7. The fraction of sp³-hybridized carbons (Fsp3) is 0.867. The number of carbonyl (C=O) groups is 2. The Bertz CT molecular complexity index is 378. The van der Waals surface area contributed by atoms with Gasteiger partial charge in [-0.25, -0.2) is 4.79 Å². The van der Waals surface area contributed by atoms with Crippen molar-refractivity contribution in [2.75, 3.05) is 27.2 Å². The van der Waals surface area contributed by atoms with Crippen LogP contribution in [0.25, 0.3) is 0 Å². The van der Waals surface area contributed by atoms with E-state index in [-0.39, 0.29) is 18.1 Å². The number of nitrogens with one attached hydrogen (secondary N) is 2. The molecule has 1 aliphatic rings. The van der Waals surface area contributed by atoms with E-state index < -0.39 is 11.4 Å². The summed E-state index contributed by atoms with van der Waals surface area (Å²) in [5.41, 5.74) is -0.873. The van der Waals surface area contributed by atoms with Crippen LogP contribution >= 0.6 is 0 Å². The van der Waals surface area contributed by atoms with E-state index in [1.54, 1.807) is 6.92 Å². The molecule has 0 aromatic rings. The second kappa shape index (κ2) is 7.11. The van der Waals surface area contributed by atoms with Gasteiger partial charge in [0.1, 0.15) is 0 Å². The smallest absolute Gasteiger partial charge is 0.314 e. The highest BCUT2D eigenvalue weighted by Crippen LogP contribution is 2.33. The monoisotopic (exact) mass is 299 g/mol. The van der Waals surface area contributed by atoms with Crippen LogP contribution in [0.15, 0.2) is 0 Å². The molecule has 0 heterocycles. The Labute approximate surface area is 127 Å². The van der Waals surface area contributed by atoms with E-state index in [0.717, 1.165) is 12.8 Å². The summed E-state index contributed by atoms with van der Waals surface area (Å²) in [6.07, 6.45) is 5.03. The predicted molar refractivity (Wildman–Crippen MR) is 82.3 cm³/mol. The minimum absolute atomic E-state index is 0.0399. The summed E-state index contributed by atoms with van der Waals surface area (Å²) < 4.78 is 0. The predicted octanol–water partition coefficient (Wildman–Crippen LogP) is 1.66. The number of rotatable bonds is 7. The SMILES string of the molecule is CCC(C)(CNC(=O)NCC1(N(C)C)CCCC1)C(=O)O. The van der Waals surface area contributed by atoms with Crippen molar-refractivity contribution in [3.05, 3.63) is 0 Å². The van der Waals surface area contributed by atoms with Crippen molar-refractivity contribution in [3.8, 4) is 0 Å². The first-order valence-electron chi connectivity index (χ1n) is 7.68. The van der Waals surface area contributed by atoms with Crippen molar-refractivity contribution in [3.63, 3.8) is 0 Å². The summed E-state index contributed by atoms with van der Waals surface area (Å²) in [5.74, 6) is -0.883. The van der Waals surface area contributed by atoms with Crippen molar-refractivity contribution in [1.29, 1.82) is 0 Å². The third kappa shape index (κ3) is 4.33. The highest BCUT2D eigenvalue weighted by Gasteiger charge is 2.36. The molecule has 6 heteroatoms. The zero-order chi connectivity index (χ0) is 16.1. The highest BCUT2D eigenvalue weighted by atomic mass is 16.4. The lowest BCUT2D eigenvalue weighted by Gasteiger charge is -2.36. The fourth-order valence-electron chi connectivity index (χ4n) is 2.75. The van der Waals surface area contributed by atoms with Crippen molar-refractivity contribution in [2.24, 2.45) is 5.41 Å². The molecule has 21 heavy (non-hydrogen) atoms. The second-order valence-corrected chi connectivity index (χ2v) is 6.58. The summed E-state index contributed by atoms with van der Waals surface area (Å²) in [4.78, 5) is 25.3. The largest absolute Gasteiger partial charge is 0.481 e. The Hall–Kier alpha value is -1.30. The molecule has 2 amide bonds. The maximum atomic E-state index is 11.9. The van der Waals surface area contributed by atoms with Crippen LogP contribution in [0.1, 0.15) is 46.0 Å². The third-order valence-electron chi connectivity index (χ3n) is 5.00. The van der Waals surface area contributed by atoms with E-state index in [1.807, 2.05) is 21.0 Å². The summed E-state index contributed by atoms with van der Waals surface area (Å²) >= 11 is 0. The molecule has 122 valence electrons. The minimum atomic E-state index is -0.913. The number of amides is 2. The number of likely N-dealkylation sites (N-methyl/N-ethyl adjacent to an activating group) is 1. The molecule has 1 fully saturated rings. The maximum absolute atomic E-state index is 11.9. The number of aliphatic carboxylic acids is 1. The van der Waals surface area contributed by atoms with Gasteiger partial charge in [0.25, 0.3) is 0 Å². The van der Waals surface area contributed by atoms with Crippen molar-refractivity contribution < 1.29 is 14.7 Å². The second-order valence-electron chi connectivity index (χ2n) is 6.58. The summed E-state index contributed by atoms with van der Waals surface area (Å²) in [5, 5.41) is 14.8. The van der Waals surface area contributed by atoms with E-state index in [1.165, 1.54) is 12.8 Å². The normalized spacial score (nSPS) is 20.0. The lowest BCUT2D eigenvalue weighted by Crippen LogP contribution is -2.53. The molecule has 1 rings (SSSR count). The Morgan fingerprint density at radius 2 is 1.81 bits per heavy atom. The minimum Gasteiger partial charge on any atom is -0.481 e. The Balaban J connectivity index is 2.46. The molecule has 6 nitrogen and oxygen atoms in total. The number of nitrogens with zero attached hydrogens (tertiary/aromatic N) is 1. The number of carboxylic acid groups (broad SMARTS) is 1. The first-order valence-corrected chi connectivity index (χ1v) is 7.68. The summed E-state index contributed by atoms with van der Waals surface area (Å²) in [7, 11) is 4.09. The zero-order valence-electron chi connectivity index (χ0n) is 13.7. The average Bonchev–Trinajstić information content (AvgIpc) is 2.92. The van der Waals surface area contributed by atoms with Gasteiger partial charge in [-0.2, -0.15) is 0 Å². The van der Waals surface area contributed by atoms with Crippen molar-refractivity contribution in [2.45, 2.75) is 51.5 Å². The van der Waals surface area contributed by atoms with Gasteiger partial charge in [0.2, 0.25) is 0 Å². The van der Waals surface area contributed by atoms with Gasteiger partial charge >= 0.3 is 12.0 Å². The van der Waals surface area contributed by atoms with Crippen LogP contribution in [0.5, 0.6) is 0 Å². The molecule has 1 atom stereocenters. The molecule has 3 N–H and O–H groups in total. The van der Waals surface area contributed by atoms with Gasteiger partial charge < -0.3 is 20.6 Å². The van der Waals surface area contributed by atoms with Crippen LogP contribution in [0.3, 0.4) is 0 Å². The van der Waals surface area contributed by atoms with Gasteiger partial charge in [-0.05, 0) is 40.3 Å².